The van der Waals surface area contributed by atoms with Gasteiger partial charge in [-0.15, -0.1) is 0 Å². The topological polar surface area (TPSA) is 38.0 Å². The molecule has 0 heterocycles. The van der Waals surface area contributed by atoms with Crippen LogP contribution in [0.5, 0.6) is 0 Å². The van der Waals surface area contributed by atoms with Crippen LogP contribution in [0.15, 0.2) is 54.4 Å². The van der Waals surface area contributed by atoms with Crippen molar-refractivity contribution in [3.05, 3.63) is 65.5 Å². The van der Waals surface area contributed by atoms with Crippen LogP contribution in [0.25, 0.3) is 0 Å². The van der Waals surface area contributed by atoms with Crippen LogP contribution in [0, 0.1) is 5.92 Å². The number of hydrogen-bond acceptors (Lipinski definition) is 2. The highest BCUT2D eigenvalue weighted by molar-refractivity contribution is 5.60. The SMILES string of the molecule is C=C(Nc1cc(C(F)(F)F)ccc1C/C=C\N)/C(C)=C/C(C)C. The van der Waals surface area contributed by atoms with Crippen molar-refractivity contribution < 1.29 is 13.2 Å². The molecular formula is C18H23F3N2. The number of allylic oxidation sites excluding steroid dienone is 3. The lowest BCUT2D eigenvalue weighted by Gasteiger charge is -2.17. The van der Waals surface area contributed by atoms with E-state index in [1.165, 1.54) is 12.3 Å². The van der Waals surface area contributed by atoms with Gasteiger partial charge in [-0.1, -0.05) is 38.6 Å². The first-order valence-corrected chi connectivity index (χ1v) is 7.36. The molecule has 0 saturated heterocycles. The summed E-state index contributed by atoms with van der Waals surface area (Å²) < 4.78 is 38.8. The molecular weight excluding hydrogens is 301 g/mol. The maximum Gasteiger partial charge on any atom is 0.416 e. The number of hydrogen-bond donors (Lipinski definition) is 2. The number of alkyl halides is 3. The molecule has 0 atom stereocenters. The van der Waals surface area contributed by atoms with Gasteiger partial charge >= 0.3 is 6.18 Å². The summed E-state index contributed by atoms with van der Waals surface area (Å²) in [6.45, 7) is 9.84. The van der Waals surface area contributed by atoms with Crippen molar-refractivity contribution in [2.45, 2.75) is 33.4 Å². The molecule has 0 bridgehead atoms. The van der Waals surface area contributed by atoms with Gasteiger partial charge in [0, 0.05) is 11.4 Å². The predicted molar refractivity (Wildman–Crippen MR) is 89.8 cm³/mol. The highest BCUT2D eigenvalue weighted by Gasteiger charge is 2.31. The Bertz CT molecular complexity index is 611. The first kappa shape index (κ1) is 18.9. The zero-order chi connectivity index (χ0) is 17.6. The van der Waals surface area contributed by atoms with Crippen LogP contribution < -0.4 is 11.1 Å². The smallest absolute Gasteiger partial charge is 0.405 e. The van der Waals surface area contributed by atoms with Crippen LogP contribution in [0.2, 0.25) is 0 Å². The number of benzene rings is 1. The lowest BCUT2D eigenvalue weighted by molar-refractivity contribution is -0.137. The minimum Gasteiger partial charge on any atom is -0.405 e. The lowest BCUT2D eigenvalue weighted by Crippen LogP contribution is -2.09. The largest absolute Gasteiger partial charge is 0.416 e. The molecule has 0 aliphatic rings. The van der Waals surface area contributed by atoms with Gasteiger partial charge in [0.25, 0.3) is 0 Å². The second kappa shape index (κ2) is 7.90. The van der Waals surface area contributed by atoms with Crippen molar-refractivity contribution in [3.63, 3.8) is 0 Å². The third-order valence-electron chi connectivity index (χ3n) is 3.26. The predicted octanol–water partition coefficient (Wildman–Crippen LogP) is 5.25. The van der Waals surface area contributed by atoms with Gasteiger partial charge < -0.3 is 11.1 Å². The van der Waals surface area contributed by atoms with E-state index in [1.807, 2.05) is 26.8 Å². The average molecular weight is 324 g/mol. The number of nitrogens with two attached hydrogens (primary N) is 1. The maximum atomic E-state index is 12.9. The van der Waals surface area contributed by atoms with Gasteiger partial charge in [0.2, 0.25) is 0 Å². The summed E-state index contributed by atoms with van der Waals surface area (Å²) in [5, 5.41) is 3.00. The van der Waals surface area contributed by atoms with E-state index in [0.29, 0.717) is 23.7 Å². The van der Waals surface area contributed by atoms with Crippen LogP contribution >= 0.6 is 0 Å². The Balaban J connectivity index is 3.16. The van der Waals surface area contributed by atoms with Gasteiger partial charge in [0.05, 0.1) is 5.56 Å². The van der Waals surface area contributed by atoms with Gasteiger partial charge in [-0.25, -0.2) is 0 Å². The maximum absolute atomic E-state index is 12.9. The third kappa shape index (κ3) is 5.85. The zero-order valence-corrected chi connectivity index (χ0v) is 13.7. The van der Waals surface area contributed by atoms with Crippen molar-refractivity contribution in [2.24, 2.45) is 11.7 Å². The normalized spacial score (nSPS) is 12.9. The highest BCUT2D eigenvalue weighted by Crippen LogP contribution is 2.33. The van der Waals surface area contributed by atoms with E-state index in [-0.39, 0.29) is 0 Å². The molecule has 0 saturated carbocycles. The summed E-state index contributed by atoms with van der Waals surface area (Å²) in [5.74, 6) is 0.328. The lowest BCUT2D eigenvalue weighted by atomic mass is 10.0. The summed E-state index contributed by atoms with van der Waals surface area (Å²) in [6, 6.07) is 3.64. The molecule has 2 nitrogen and oxygen atoms in total. The van der Waals surface area contributed by atoms with Gasteiger partial charge in [0.1, 0.15) is 0 Å². The van der Waals surface area contributed by atoms with Crippen molar-refractivity contribution in [1.29, 1.82) is 0 Å². The molecule has 1 rings (SSSR count). The minimum absolute atomic E-state index is 0.328. The standard InChI is InChI=1S/C18H23F3N2/c1-12(2)10-13(3)14(4)23-17-11-16(18(19,20)21)8-7-15(17)6-5-9-22/h5,7-12,23H,4,6,22H2,1-3H3/b9-5-,13-10+. The monoisotopic (exact) mass is 324 g/mol. The van der Waals surface area contributed by atoms with Crippen molar-refractivity contribution >= 4 is 5.69 Å². The van der Waals surface area contributed by atoms with Crippen LogP contribution in [0.3, 0.4) is 0 Å². The Morgan fingerprint density at radius 1 is 1.35 bits per heavy atom. The molecule has 0 fully saturated rings. The molecule has 0 aromatic heterocycles. The number of halogens is 3. The van der Waals surface area contributed by atoms with Gasteiger partial charge in [0.15, 0.2) is 0 Å². The molecule has 0 amide bonds. The highest BCUT2D eigenvalue weighted by atomic mass is 19.4. The third-order valence-corrected chi connectivity index (χ3v) is 3.26. The number of nitrogens with one attached hydrogen (secondary N) is 1. The van der Waals surface area contributed by atoms with Crippen LogP contribution in [0.1, 0.15) is 31.9 Å². The van der Waals surface area contributed by atoms with Crippen LogP contribution in [-0.4, -0.2) is 0 Å². The Morgan fingerprint density at radius 2 is 2.00 bits per heavy atom. The summed E-state index contributed by atoms with van der Waals surface area (Å²) >= 11 is 0. The second-order valence-electron chi connectivity index (χ2n) is 5.70. The summed E-state index contributed by atoms with van der Waals surface area (Å²) in [4.78, 5) is 0. The molecule has 3 N–H and O–H groups in total. The van der Waals surface area contributed by atoms with E-state index >= 15 is 0 Å². The molecule has 0 radical (unpaired) electrons. The Morgan fingerprint density at radius 3 is 2.52 bits per heavy atom. The molecule has 0 unspecified atom stereocenters. The van der Waals surface area contributed by atoms with Crippen LogP contribution in [-0.2, 0) is 12.6 Å². The summed E-state index contributed by atoms with van der Waals surface area (Å²) in [6.07, 6.45) is 1.12. The van der Waals surface area contributed by atoms with Crippen LogP contribution in [0.4, 0.5) is 18.9 Å². The average Bonchev–Trinajstić information content (AvgIpc) is 2.44. The number of anilines is 1. The quantitative estimate of drug-likeness (QED) is 0.702. The van der Waals surface area contributed by atoms with Crippen molar-refractivity contribution in [3.8, 4) is 0 Å². The van der Waals surface area contributed by atoms with Gasteiger partial charge in [-0.05, 0) is 48.7 Å². The van der Waals surface area contributed by atoms with E-state index in [9.17, 15) is 13.2 Å². The Hall–Kier alpha value is -2.17. The fourth-order valence-corrected chi connectivity index (χ4v) is 2.10. The van der Waals surface area contributed by atoms with Crippen molar-refractivity contribution in [2.75, 3.05) is 5.32 Å². The van der Waals surface area contributed by atoms with E-state index in [1.54, 1.807) is 6.08 Å². The van der Waals surface area contributed by atoms with E-state index < -0.39 is 11.7 Å². The van der Waals surface area contributed by atoms with E-state index in [4.69, 9.17) is 5.73 Å². The molecule has 1 aromatic carbocycles. The molecule has 23 heavy (non-hydrogen) atoms. The summed E-state index contributed by atoms with van der Waals surface area (Å²) in [5.41, 5.74) is 7.22. The van der Waals surface area contributed by atoms with Gasteiger partial charge in [-0.3, -0.25) is 0 Å². The molecule has 0 aliphatic carbocycles. The van der Waals surface area contributed by atoms with E-state index in [0.717, 1.165) is 23.3 Å². The zero-order valence-electron chi connectivity index (χ0n) is 13.7. The Kier molecular flexibility index (Phi) is 6.49. The molecule has 126 valence electrons. The van der Waals surface area contributed by atoms with Crippen molar-refractivity contribution in [1.82, 2.24) is 0 Å². The minimum atomic E-state index is -4.39. The molecule has 0 spiro atoms. The first-order valence-electron chi connectivity index (χ1n) is 7.36. The fourth-order valence-electron chi connectivity index (χ4n) is 2.10. The molecule has 5 heteroatoms. The molecule has 0 aliphatic heterocycles. The fraction of sp³-hybridized carbons (Fsp3) is 0.333. The van der Waals surface area contributed by atoms with E-state index in [2.05, 4.69) is 11.9 Å². The summed E-state index contributed by atoms with van der Waals surface area (Å²) in [7, 11) is 0. The second-order valence-corrected chi connectivity index (χ2v) is 5.70. The Labute approximate surface area is 135 Å². The van der Waals surface area contributed by atoms with Gasteiger partial charge in [-0.2, -0.15) is 13.2 Å². The molecule has 1 aromatic rings. The number of rotatable bonds is 6. The first-order chi connectivity index (χ1) is 10.6.